The Morgan fingerprint density at radius 3 is 2.56 bits per heavy atom. The van der Waals surface area contributed by atoms with Crippen LogP contribution in [-0.4, -0.2) is 11.0 Å². The molecule has 1 amide bonds. The molecule has 0 atom stereocenters. The Hall–Kier alpha value is -2.72. The van der Waals surface area contributed by atoms with Gasteiger partial charge in [0, 0.05) is 16.6 Å². The van der Waals surface area contributed by atoms with Gasteiger partial charge < -0.3 is 5.32 Å². The molecule has 25 heavy (non-hydrogen) atoms. The van der Waals surface area contributed by atoms with Crippen LogP contribution in [0.1, 0.15) is 27.0 Å². The third-order valence-corrected chi connectivity index (χ3v) is 4.84. The average molecular weight is 346 g/mol. The standard InChI is InChI=1S/C21H18N2OS/c1-13-4-2-6-16(12-13)20(24)23-21(25)22-18-11-10-15-9-8-14-5-3-7-17(18)19(14)15/h2-7,10-12H,8-9H2,1H3,(H2,22,23,24,25). The van der Waals surface area contributed by atoms with Crippen molar-refractivity contribution in [2.45, 2.75) is 19.8 Å². The van der Waals surface area contributed by atoms with Gasteiger partial charge in [0.1, 0.15) is 0 Å². The van der Waals surface area contributed by atoms with E-state index in [9.17, 15) is 4.79 Å². The summed E-state index contributed by atoms with van der Waals surface area (Å²) in [4.78, 5) is 12.3. The minimum atomic E-state index is -0.202. The Kier molecular flexibility index (Phi) is 3.98. The molecule has 0 fully saturated rings. The molecule has 124 valence electrons. The summed E-state index contributed by atoms with van der Waals surface area (Å²) in [5.41, 5.74) is 5.33. The number of carbonyl (C=O) groups is 1. The van der Waals surface area contributed by atoms with Crippen molar-refractivity contribution in [2.24, 2.45) is 0 Å². The summed E-state index contributed by atoms with van der Waals surface area (Å²) in [6.07, 6.45) is 2.18. The number of benzene rings is 3. The van der Waals surface area contributed by atoms with Gasteiger partial charge in [-0.15, -0.1) is 0 Å². The monoisotopic (exact) mass is 346 g/mol. The maximum absolute atomic E-state index is 12.3. The summed E-state index contributed by atoms with van der Waals surface area (Å²) in [6.45, 7) is 1.96. The molecule has 3 nitrogen and oxygen atoms in total. The number of nitrogens with one attached hydrogen (secondary N) is 2. The van der Waals surface area contributed by atoms with E-state index in [0.29, 0.717) is 10.7 Å². The highest BCUT2D eigenvalue weighted by molar-refractivity contribution is 7.80. The number of rotatable bonds is 2. The van der Waals surface area contributed by atoms with Crippen LogP contribution in [0.3, 0.4) is 0 Å². The second kappa shape index (κ2) is 6.30. The van der Waals surface area contributed by atoms with Gasteiger partial charge in [0.05, 0.1) is 0 Å². The first kappa shape index (κ1) is 15.8. The van der Waals surface area contributed by atoms with Crippen LogP contribution >= 0.6 is 12.2 Å². The lowest BCUT2D eigenvalue weighted by Crippen LogP contribution is -2.34. The van der Waals surface area contributed by atoms with Crippen molar-refractivity contribution < 1.29 is 4.79 Å². The van der Waals surface area contributed by atoms with Gasteiger partial charge in [-0.1, -0.05) is 42.0 Å². The molecule has 0 bridgehead atoms. The smallest absolute Gasteiger partial charge is 0.257 e. The lowest BCUT2D eigenvalue weighted by atomic mass is 10.0. The Morgan fingerprint density at radius 1 is 1.00 bits per heavy atom. The highest BCUT2D eigenvalue weighted by Gasteiger charge is 2.16. The molecule has 2 N–H and O–H groups in total. The third-order valence-electron chi connectivity index (χ3n) is 4.63. The van der Waals surface area contributed by atoms with Gasteiger partial charge in [-0.25, -0.2) is 0 Å². The van der Waals surface area contributed by atoms with E-state index < -0.39 is 0 Å². The predicted molar refractivity (Wildman–Crippen MR) is 106 cm³/mol. The normalized spacial score (nSPS) is 12.2. The fourth-order valence-corrected chi connectivity index (χ4v) is 3.67. The highest BCUT2D eigenvalue weighted by Crippen LogP contribution is 2.34. The highest BCUT2D eigenvalue weighted by atomic mass is 32.1. The molecular weight excluding hydrogens is 328 g/mol. The molecule has 0 unspecified atom stereocenters. The minimum absolute atomic E-state index is 0.202. The zero-order chi connectivity index (χ0) is 17.4. The average Bonchev–Trinajstić information content (AvgIpc) is 3.02. The zero-order valence-corrected chi connectivity index (χ0v) is 14.7. The number of amides is 1. The van der Waals surface area contributed by atoms with E-state index >= 15 is 0 Å². The first-order chi connectivity index (χ1) is 12.1. The van der Waals surface area contributed by atoms with Crippen molar-refractivity contribution in [1.82, 2.24) is 5.32 Å². The van der Waals surface area contributed by atoms with E-state index in [4.69, 9.17) is 12.2 Å². The third kappa shape index (κ3) is 3.01. The molecule has 0 saturated heterocycles. The first-order valence-corrected chi connectivity index (χ1v) is 8.75. The Labute approximate surface area is 152 Å². The number of carbonyl (C=O) groups excluding carboxylic acids is 1. The summed E-state index contributed by atoms with van der Waals surface area (Å²) in [5, 5.41) is 8.73. The Bertz CT molecular complexity index is 1000. The summed E-state index contributed by atoms with van der Waals surface area (Å²) in [5.74, 6) is -0.202. The molecular formula is C21H18N2OS. The van der Waals surface area contributed by atoms with Crippen molar-refractivity contribution in [1.29, 1.82) is 0 Å². The molecule has 0 radical (unpaired) electrons. The van der Waals surface area contributed by atoms with Crippen LogP contribution in [0, 0.1) is 6.92 Å². The van der Waals surface area contributed by atoms with Crippen LogP contribution in [0.25, 0.3) is 10.8 Å². The van der Waals surface area contributed by atoms with Crippen molar-refractivity contribution in [3.05, 3.63) is 76.9 Å². The molecule has 1 aliphatic carbocycles. The summed E-state index contributed by atoms with van der Waals surface area (Å²) < 4.78 is 0. The van der Waals surface area contributed by atoms with Gasteiger partial charge in [-0.05, 0) is 66.7 Å². The van der Waals surface area contributed by atoms with Crippen LogP contribution < -0.4 is 10.6 Å². The van der Waals surface area contributed by atoms with Gasteiger partial charge in [0.2, 0.25) is 0 Å². The first-order valence-electron chi connectivity index (χ1n) is 8.34. The molecule has 0 aromatic heterocycles. The summed E-state index contributed by atoms with van der Waals surface area (Å²) in [6, 6.07) is 18.0. The van der Waals surface area contributed by atoms with E-state index in [1.807, 2.05) is 31.2 Å². The van der Waals surface area contributed by atoms with Crippen molar-refractivity contribution in [3.8, 4) is 0 Å². The van der Waals surface area contributed by atoms with E-state index in [1.165, 1.54) is 16.5 Å². The van der Waals surface area contributed by atoms with E-state index in [-0.39, 0.29) is 5.91 Å². The SMILES string of the molecule is Cc1cccc(C(=O)NC(=S)Nc2ccc3c4c(cccc24)CC3)c1. The zero-order valence-electron chi connectivity index (χ0n) is 13.9. The van der Waals surface area contributed by atoms with Crippen molar-refractivity contribution in [2.75, 3.05) is 5.32 Å². The lowest BCUT2D eigenvalue weighted by Gasteiger charge is -2.13. The van der Waals surface area contributed by atoms with Gasteiger partial charge in [0.15, 0.2) is 5.11 Å². The second-order valence-corrected chi connectivity index (χ2v) is 6.80. The fraction of sp³-hybridized carbons (Fsp3) is 0.143. The summed E-state index contributed by atoms with van der Waals surface area (Å²) >= 11 is 5.35. The fourth-order valence-electron chi connectivity index (χ4n) is 3.47. The van der Waals surface area contributed by atoms with Crippen LogP contribution in [0.2, 0.25) is 0 Å². The van der Waals surface area contributed by atoms with Gasteiger partial charge in [0.25, 0.3) is 5.91 Å². The molecule has 3 aromatic rings. The molecule has 3 aromatic carbocycles. The quantitative estimate of drug-likeness (QED) is 0.677. The van der Waals surface area contributed by atoms with Crippen LogP contribution in [0.4, 0.5) is 5.69 Å². The molecule has 1 aliphatic rings. The number of hydrogen-bond donors (Lipinski definition) is 2. The lowest BCUT2D eigenvalue weighted by molar-refractivity contribution is 0.0977. The van der Waals surface area contributed by atoms with Crippen LogP contribution in [-0.2, 0) is 12.8 Å². The summed E-state index contributed by atoms with van der Waals surface area (Å²) in [7, 11) is 0. The van der Waals surface area contributed by atoms with E-state index in [2.05, 4.69) is 34.9 Å². The Balaban J connectivity index is 1.56. The molecule has 0 aliphatic heterocycles. The maximum Gasteiger partial charge on any atom is 0.257 e. The largest absolute Gasteiger partial charge is 0.332 e. The number of aryl methyl sites for hydroxylation is 3. The molecule has 0 spiro atoms. The van der Waals surface area contributed by atoms with Gasteiger partial charge in [-0.2, -0.15) is 0 Å². The van der Waals surface area contributed by atoms with Gasteiger partial charge >= 0.3 is 0 Å². The number of anilines is 1. The van der Waals surface area contributed by atoms with Gasteiger partial charge in [-0.3, -0.25) is 10.1 Å². The number of thiocarbonyl (C=S) groups is 1. The molecule has 4 rings (SSSR count). The molecule has 0 saturated carbocycles. The number of hydrogen-bond acceptors (Lipinski definition) is 2. The van der Waals surface area contributed by atoms with Crippen molar-refractivity contribution >= 4 is 39.7 Å². The minimum Gasteiger partial charge on any atom is -0.332 e. The maximum atomic E-state index is 12.3. The van der Waals surface area contributed by atoms with Crippen LogP contribution in [0.5, 0.6) is 0 Å². The molecule has 4 heteroatoms. The van der Waals surface area contributed by atoms with Crippen molar-refractivity contribution in [3.63, 3.8) is 0 Å². The topological polar surface area (TPSA) is 41.1 Å². The Morgan fingerprint density at radius 2 is 1.76 bits per heavy atom. The predicted octanol–water partition coefficient (Wildman–Crippen LogP) is 4.37. The van der Waals surface area contributed by atoms with Crippen LogP contribution in [0.15, 0.2) is 54.6 Å². The second-order valence-electron chi connectivity index (χ2n) is 6.39. The van der Waals surface area contributed by atoms with E-state index in [0.717, 1.165) is 29.5 Å². The molecule has 0 heterocycles. The van der Waals surface area contributed by atoms with E-state index in [1.54, 1.807) is 6.07 Å².